The van der Waals surface area contributed by atoms with Crippen molar-refractivity contribution in [2.75, 3.05) is 13.1 Å². The lowest BCUT2D eigenvalue weighted by molar-refractivity contribution is 0.126. The first-order valence-corrected chi connectivity index (χ1v) is 7.03. The summed E-state index contributed by atoms with van der Waals surface area (Å²) in [5.41, 5.74) is 0. The number of rotatable bonds is 3. The molecule has 0 aromatic heterocycles. The Bertz CT molecular complexity index is 184. The highest BCUT2D eigenvalue weighted by Gasteiger charge is 2.35. The molecule has 0 aromatic carbocycles. The molecule has 0 aromatic rings. The van der Waals surface area contributed by atoms with E-state index in [2.05, 4.69) is 19.2 Å². The highest BCUT2D eigenvalue weighted by molar-refractivity contribution is 4.87. The largest absolute Gasteiger partial charge is 0.316 e. The zero-order valence-corrected chi connectivity index (χ0v) is 10.5. The van der Waals surface area contributed by atoms with E-state index >= 15 is 0 Å². The fourth-order valence-corrected chi connectivity index (χ4v) is 3.81. The van der Waals surface area contributed by atoms with Gasteiger partial charge in [0.2, 0.25) is 0 Å². The maximum Gasteiger partial charge on any atom is -0.00151 e. The highest BCUT2D eigenvalue weighted by Crippen LogP contribution is 2.40. The quantitative estimate of drug-likeness (QED) is 0.750. The van der Waals surface area contributed by atoms with E-state index in [-0.39, 0.29) is 0 Å². The van der Waals surface area contributed by atoms with Gasteiger partial charge in [-0.05, 0) is 43.2 Å². The Hall–Kier alpha value is -0.0400. The molecule has 3 atom stereocenters. The Morgan fingerprint density at radius 1 is 1.20 bits per heavy atom. The second-order valence-electron chi connectivity index (χ2n) is 5.75. The Morgan fingerprint density at radius 3 is 2.60 bits per heavy atom. The fraction of sp³-hybridized carbons (Fsp3) is 1.00. The van der Waals surface area contributed by atoms with Crippen LogP contribution in [0.15, 0.2) is 0 Å². The van der Waals surface area contributed by atoms with Gasteiger partial charge in [0.05, 0.1) is 0 Å². The molecule has 1 aliphatic heterocycles. The Labute approximate surface area is 95.0 Å². The molecule has 1 aliphatic carbocycles. The number of hydrogen-bond acceptors (Lipinski definition) is 1. The SMILES string of the molecule is CCC(C)C1CCNCC1C1CCCC1. The normalized spacial score (nSPS) is 35.6. The molecule has 15 heavy (non-hydrogen) atoms. The van der Waals surface area contributed by atoms with Crippen LogP contribution in [0.2, 0.25) is 0 Å². The van der Waals surface area contributed by atoms with Crippen LogP contribution in [0, 0.1) is 23.7 Å². The predicted molar refractivity (Wildman–Crippen MR) is 65.9 cm³/mol. The lowest BCUT2D eigenvalue weighted by atomic mass is 9.71. The molecule has 1 saturated carbocycles. The third-order valence-electron chi connectivity index (χ3n) is 4.96. The van der Waals surface area contributed by atoms with Gasteiger partial charge in [-0.3, -0.25) is 0 Å². The van der Waals surface area contributed by atoms with E-state index in [1.54, 1.807) is 0 Å². The average Bonchev–Trinajstić information content (AvgIpc) is 2.81. The zero-order chi connectivity index (χ0) is 10.7. The van der Waals surface area contributed by atoms with Crippen LogP contribution < -0.4 is 5.32 Å². The van der Waals surface area contributed by atoms with Crippen molar-refractivity contribution in [3.8, 4) is 0 Å². The molecule has 88 valence electrons. The number of nitrogens with one attached hydrogen (secondary N) is 1. The molecule has 0 radical (unpaired) electrons. The van der Waals surface area contributed by atoms with Gasteiger partial charge in [-0.15, -0.1) is 0 Å². The summed E-state index contributed by atoms with van der Waals surface area (Å²) in [5, 5.41) is 3.62. The lowest BCUT2D eigenvalue weighted by Gasteiger charge is -2.39. The molecular formula is C14H27N. The molecule has 1 heteroatoms. The first-order valence-electron chi connectivity index (χ1n) is 7.03. The molecular weight excluding hydrogens is 182 g/mol. The third kappa shape index (κ3) is 2.55. The van der Waals surface area contributed by atoms with Gasteiger partial charge >= 0.3 is 0 Å². The molecule has 0 bridgehead atoms. The molecule has 0 amide bonds. The van der Waals surface area contributed by atoms with E-state index in [1.807, 2.05) is 0 Å². The summed E-state index contributed by atoms with van der Waals surface area (Å²) in [4.78, 5) is 0. The second-order valence-corrected chi connectivity index (χ2v) is 5.75. The molecule has 2 rings (SSSR count). The minimum Gasteiger partial charge on any atom is -0.316 e. The molecule has 1 saturated heterocycles. The standard InChI is InChI=1S/C14H27N/c1-3-11(2)13-8-9-15-10-14(13)12-6-4-5-7-12/h11-15H,3-10H2,1-2H3. The van der Waals surface area contributed by atoms with Crippen molar-refractivity contribution in [3.63, 3.8) is 0 Å². The van der Waals surface area contributed by atoms with Gasteiger partial charge in [0.25, 0.3) is 0 Å². The Kier molecular flexibility index (Phi) is 4.07. The van der Waals surface area contributed by atoms with Crippen LogP contribution in [-0.2, 0) is 0 Å². The molecule has 0 spiro atoms. The average molecular weight is 209 g/mol. The molecule has 1 N–H and O–H groups in total. The van der Waals surface area contributed by atoms with Crippen molar-refractivity contribution in [1.82, 2.24) is 5.32 Å². The van der Waals surface area contributed by atoms with Gasteiger partial charge in [0.15, 0.2) is 0 Å². The van der Waals surface area contributed by atoms with Crippen molar-refractivity contribution in [2.24, 2.45) is 23.7 Å². The van der Waals surface area contributed by atoms with Gasteiger partial charge in [-0.1, -0.05) is 46.0 Å². The minimum absolute atomic E-state index is 0.942. The van der Waals surface area contributed by atoms with E-state index in [9.17, 15) is 0 Å². The van der Waals surface area contributed by atoms with Crippen molar-refractivity contribution in [3.05, 3.63) is 0 Å². The van der Waals surface area contributed by atoms with E-state index in [0.717, 1.165) is 23.7 Å². The topological polar surface area (TPSA) is 12.0 Å². The van der Waals surface area contributed by atoms with E-state index in [0.29, 0.717) is 0 Å². The summed E-state index contributed by atoms with van der Waals surface area (Å²) in [6.07, 6.45) is 8.81. The van der Waals surface area contributed by atoms with Crippen LogP contribution in [0.25, 0.3) is 0 Å². The van der Waals surface area contributed by atoms with Crippen molar-refractivity contribution >= 4 is 0 Å². The van der Waals surface area contributed by atoms with Crippen LogP contribution >= 0.6 is 0 Å². The monoisotopic (exact) mass is 209 g/mol. The lowest BCUT2D eigenvalue weighted by Crippen LogP contribution is -2.42. The van der Waals surface area contributed by atoms with Gasteiger partial charge < -0.3 is 5.32 Å². The summed E-state index contributed by atoms with van der Waals surface area (Å²) >= 11 is 0. The molecule has 2 aliphatic rings. The van der Waals surface area contributed by atoms with Gasteiger partial charge in [-0.2, -0.15) is 0 Å². The number of hydrogen-bond donors (Lipinski definition) is 1. The van der Waals surface area contributed by atoms with Gasteiger partial charge in [0.1, 0.15) is 0 Å². The van der Waals surface area contributed by atoms with Crippen molar-refractivity contribution < 1.29 is 0 Å². The minimum atomic E-state index is 0.942. The summed E-state index contributed by atoms with van der Waals surface area (Å²) in [6, 6.07) is 0. The molecule has 3 unspecified atom stereocenters. The van der Waals surface area contributed by atoms with Gasteiger partial charge in [-0.25, -0.2) is 0 Å². The molecule has 1 heterocycles. The van der Waals surface area contributed by atoms with Crippen LogP contribution in [0.4, 0.5) is 0 Å². The summed E-state index contributed by atoms with van der Waals surface area (Å²) < 4.78 is 0. The van der Waals surface area contributed by atoms with Gasteiger partial charge in [0, 0.05) is 0 Å². The highest BCUT2D eigenvalue weighted by atomic mass is 14.9. The smallest absolute Gasteiger partial charge is 0.00151 e. The third-order valence-corrected chi connectivity index (χ3v) is 4.96. The Morgan fingerprint density at radius 2 is 1.93 bits per heavy atom. The summed E-state index contributed by atoms with van der Waals surface area (Å²) in [6.45, 7) is 7.40. The van der Waals surface area contributed by atoms with E-state index < -0.39 is 0 Å². The zero-order valence-electron chi connectivity index (χ0n) is 10.5. The first-order chi connectivity index (χ1) is 7.33. The van der Waals surface area contributed by atoms with E-state index in [1.165, 1.54) is 51.6 Å². The number of piperidine rings is 1. The van der Waals surface area contributed by atoms with Crippen molar-refractivity contribution in [2.45, 2.75) is 52.4 Å². The van der Waals surface area contributed by atoms with Crippen molar-refractivity contribution in [1.29, 1.82) is 0 Å². The second kappa shape index (κ2) is 5.34. The van der Waals surface area contributed by atoms with Crippen LogP contribution in [0.5, 0.6) is 0 Å². The molecule has 1 nitrogen and oxygen atoms in total. The predicted octanol–water partition coefficient (Wildman–Crippen LogP) is 3.45. The maximum atomic E-state index is 3.62. The first kappa shape index (κ1) is 11.4. The van der Waals surface area contributed by atoms with Crippen LogP contribution in [0.3, 0.4) is 0 Å². The summed E-state index contributed by atoms with van der Waals surface area (Å²) in [7, 11) is 0. The van der Waals surface area contributed by atoms with Crippen LogP contribution in [-0.4, -0.2) is 13.1 Å². The fourth-order valence-electron chi connectivity index (χ4n) is 3.81. The molecule has 2 fully saturated rings. The summed E-state index contributed by atoms with van der Waals surface area (Å²) in [5.74, 6) is 4.00. The maximum absolute atomic E-state index is 3.62. The van der Waals surface area contributed by atoms with Crippen LogP contribution in [0.1, 0.15) is 52.4 Å². The van der Waals surface area contributed by atoms with E-state index in [4.69, 9.17) is 0 Å². The Balaban J connectivity index is 1.98.